The van der Waals surface area contributed by atoms with Crippen molar-refractivity contribution in [2.75, 3.05) is 10.9 Å². The second-order valence-corrected chi connectivity index (χ2v) is 6.50. The van der Waals surface area contributed by atoms with Crippen LogP contribution in [0.25, 0.3) is 0 Å². The van der Waals surface area contributed by atoms with Crippen molar-refractivity contribution in [3.05, 3.63) is 76.5 Å². The number of nitrogens with zero attached hydrogens (tertiary/aromatic N) is 5. The Morgan fingerprint density at radius 3 is 1.79 bits per heavy atom. The number of hydrogen-bond donors (Lipinski definition) is 2. The highest BCUT2D eigenvalue weighted by Gasteiger charge is 2.04. The normalized spacial score (nSPS) is 11.3. The van der Waals surface area contributed by atoms with Crippen LogP contribution in [0, 0.1) is 6.92 Å². The topological polar surface area (TPSA) is 87.5 Å². The smallest absolute Gasteiger partial charge is 0.260 e. The summed E-state index contributed by atoms with van der Waals surface area (Å²) in [5.41, 5.74) is 10.9. The van der Waals surface area contributed by atoms with E-state index in [2.05, 4.69) is 74.3 Å². The lowest BCUT2D eigenvalue weighted by Gasteiger charge is -2.04. The summed E-state index contributed by atoms with van der Waals surface area (Å²) in [6.07, 6.45) is 5.49. The monoisotopic (exact) mass is 387 g/mol. The first-order valence-corrected chi connectivity index (χ1v) is 9.65. The van der Waals surface area contributed by atoms with Gasteiger partial charge >= 0.3 is 0 Å². The summed E-state index contributed by atoms with van der Waals surface area (Å²) in [4.78, 5) is 4.37. The standard InChI is InChI=1S/C22H25N7/c1-4-17-6-10-19(11-7-17)14-23-27-21-16(3)26-29-22(25-21)28-24-15-20-12-8-18(5-2)9-13-20/h6-15H,4-5H2,1-3H3,(H2,25,27,28,29)/b23-14+,24-15+. The summed E-state index contributed by atoms with van der Waals surface area (Å²) in [7, 11) is 0. The van der Waals surface area contributed by atoms with Gasteiger partial charge in [0, 0.05) is 0 Å². The highest BCUT2D eigenvalue weighted by molar-refractivity contribution is 5.80. The van der Waals surface area contributed by atoms with Crippen molar-refractivity contribution in [3.63, 3.8) is 0 Å². The van der Waals surface area contributed by atoms with Crippen LogP contribution in [0.15, 0.2) is 58.7 Å². The van der Waals surface area contributed by atoms with Crippen molar-refractivity contribution < 1.29 is 0 Å². The van der Waals surface area contributed by atoms with E-state index >= 15 is 0 Å². The molecule has 2 aromatic carbocycles. The van der Waals surface area contributed by atoms with Gasteiger partial charge in [-0.05, 0) is 42.0 Å². The van der Waals surface area contributed by atoms with Gasteiger partial charge in [-0.25, -0.2) is 5.43 Å². The Morgan fingerprint density at radius 1 is 0.759 bits per heavy atom. The van der Waals surface area contributed by atoms with Gasteiger partial charge in [0.1, 0.15) is 5.69 Å². The van der Waals surface area contributed by atoms with Crippen molar-refractivity contribution in [1.82, 2.24) is 15.2 Å². The second kappa shape index (κ2) is 10.1. The fourth-order valence-corrected chi connectivity index (χ4v) is 2.54. The van der Waals surface area contributed by atoms with Gasteiger partial charge in [0.25, 0.3) is 5.95 Å². The molecule has 1 aromatic heterocycles. The fourth-order valence-electron chi connectivity index (χ4n) is 2.54. The Bertz CT molecular complexity index is 977. The molecule has 0 unspecified atom stereocenters. The third kappa shape index (κ3) is 5.93. The molecule has 7 heteroatoms. The number of hydrogen-bond acceptors (Lipinski definition) is 7. The molecule has 0 fully saturated rings. The van der Waals surface area contributed by atoms with Crippen LogP contribution in [-0.2, 0) is 12.8 Å². The molecule has 0 aliphatic carbocycles. The number of nitrogens with one attached hydrogen (secondary N) is 2. The zero-order chi connectivity index (χ0) is 20.5. The maximum absolute atomic E-state index is 4.37. The van der Waals surface area contributed by atoms with E-state index in [9.17, 15) is 0 Å². The van der Waals surface area contributed by atoms with Crippen molar-refractivity contribution in [2.24, 2.45) is 10.2 Å². The lowest BCUT2D eigenvalue weighted by molar-refractivity contribution is 0.922. The molecule has 0 amide bonds. The largest absolute Gasteiger partial charge is 0.265 e. The lowest BCUT2D eigenvalue weighted by atomic mass is 10.1. The third-order valence-electron chi connectivity index (χ3n) is 4.39. The van der Waals surface area contributed by atoms with Crippen LogP contribution >= 0.6 is 0 Å². The Labute approximate surface area is 171 Å². The molecular weight excluding hydrogens is 362 g/mol. The third-order valence-corrected chi connectivity index (χ3v) is 4.39. The minimum atomic E-state index is 0.294. The Kier molecular flexibility index (Phi) is 7.00. The first kappa shape index (κ1) is 20.1. The SMILES string of the molecule is CCc1ccc(/C=N/Nc2nnc(C)c(N/N=C/c3ccc(CC)cc3)n2)cc1. The quantitative estimate of drug-likeness (QED) is 0.447. The summed E-state index contributed by atoms with van der Waals surface area (Å²) in [6.45, 7) is 6.08. The maximum Gasteiger partial charge on any atom is 0.265 e. The molecule has 0 aliphatic heterocycles. The molecule has 3 rings (SSSR count). The Hall–Kier alpha value is -3.61. The minimum Gasteiger partial charge on any atom is -0.260 e. The maximum atomic E-state index is 4.37. The fraction of sp³-hybridized carbons (Fsp3) is 0.227. The lowest BCUT2D eigenvalue weighted by Crippen LogP contribution is -2.05. The average Bonchev–Trinajstić information content (AvgIpc) is 2.76. The van der Waals surface area contributed by atoms with Crippen LogP contribution in [0.5, 0.6) is 0 Å². The van der Waals surface area contributed by atoms with Crippen molar-refractivity contribution in [2.45, 2.75) is 33.6 Å². The van der Waals surface area contributed by atoms with Gasteiger partial charge in [-0.3, -0.25) is 5.43 Å². The van der Waals surface area contributed by atoms with Gasteiger partial charge in [0.15, 0.2) is 5.82 Å². The number of aromatic nitrogens is 3. The van der Waals surface area contributed by atoms with Crippen LogP contribution in [-0.4, -0.2) is 27.6 Å². The van der Waals surface area contributed by atoms with Gasteiger partial charge in [0.2, 0.25) is 0 Å². The van der Waals surface area contributed by atoms with E-state index in [1.54, 1.807) is 12.4 Å². The van der Waals surface area contributed by atoms with E-state index in [0.717, 1.165) is 24.0 Å². The molecule has 0 bridgehead atoms. The number of benzene rings is 2. The van der Waals surface area contributed by atoms with Crippen LogP contribution in [0.4, 0.5) is 11.8 Å². The molecule has 3 aromatic rings. The number of rotatable bonds is 8. The molecule has 0 saturated carbocycles. The predicted octanol–water partition coefficient (Wildman–Crippen LogP) is 4.20. The van der Waals surface area contributed by atoms with E-state index in [-0.39, 0.29) is 0 Å². The molecule has 0 saturated heterocycles. The summed E-state index contributed by atoms with van der Waals surface area (Å²) in [6, 6.07) is 16.5. The van der Waals surface area contributed by atoms with E-state index in [1.807, 2.05) is 31.2 Å². The van der Waals surface area contributed by atoms with Crippen LogP contribution in [0.3, 0.4) is 0 Å². The summed E-state index contributed by atoms with van der Waals surface area (Å²) in [5, 5.41) is 16.5. The summed E-state index contributed by atoms with van der Waals surface area (Å²) >= 11 is 0. The summed E-state index contributed by atoms with van der Waals surface area (Å²) in [5.74, 6) is 0.813. The van der Waals surface area contributed by atoms with Gasteiger partial charge in [-0.15, -0.1) is 10.2 Å². The highest BCUT2D eigenvalue weighted by Crippen LogP contribution is 2.10. The first-order valence-electron chi connectivity index (χ1n) is 9.65. The highest BCUT2D eigenvalue weighted by atomic mass is 15.4. The van der Waals surface area contributed by atoms with E-state index in [1.165, 1.54) is 11.1 Å². The number of aryl methyl sites for hydroxylation is 3. The summed E-state index contributed by atoms with van der Waals surface area (Å²) < 4.78 is 0. The van der Waals surface area contributed by atoms with E-state index < -0.39 is 0 Å². The van der Waals surface area contributed by atoms with E-state index in [0.29, 0.717) is 17.5 Å². The van der Waals surface area contributed by atoms with E-state index in [4.69, 9.17) is 0 Å². The average molecular weight is 387 g/mol. The molecule has 29 heavy (non-hydrogen) atoms. The molecule has 0 aliphatic rings. The zero-order valence-electron chi connectivity index (χ0n) is 16.9. The van der Waals surface area contributed by atoms with Crippen LogP contribution < -0.4 is 10.9 Å². The predicted molar refractivity (Wildman–Crippen MR) is 119 cm³/mol. The molecule has 2 N–H and O–H groups in total. The zero-order valence-corrected chi connectivity index (χ0v) is 16.9. The van der Waals surface area contributed by atoms with Crippen molar-refractivity contribution in [3.8, 4) is 0 Å². The molecule has 1 heterocycles. The number of hydrazone groups is 2. The van der Waals surface area contributed by atoms with Crippen LogP contribution in [0.1, 0.15) is 41.8 Å². The molecule has 0 radical (unpaired) electrons. The minimum absolute atomic E-state index is 0.294. The number of anilines is 2. The molecule has 0 atom stereocenters. The van der Waals surface area contributed by atoms with Crippen molar-refractivity contribution in [1.29, 1.82) is 0 Å². The molecular formula is C22H25N7. The molecule has 148 valence electrons. The van der Waals surface area contributed by atoms with Gasteiger partial charge in [0.05, 0.1) is 12.4 Å². The second-order valence-electron chi connectivity index (χ2n) is 6.50. The van der Waals surface area contributed by atoms with Crippen molar-refractivity contribution >= 4 is 24.2 Å². The van der Waals surface area contributed by atoms with Gasteiger partial charge in [-0.2, -0.15) is 15.2 Å². The van der Waals surface area contributed by atoms with Gasteiger partial charge < -0.3 is 0 Å². The molecule has 7 nitrogen and oxygen atoms in total. The van der Waals surface area contributed by atoms with Gasteiger partial charge in [-0.1, -0.05) is 62.4 Å². The first-order chi connectivity index (χ1) is 14.2. The van der Waals surface area contributed by atoms with Crippen LogP contribution in [0.2, 0.25) is 0 Å². The molecule has 0 spiro atoms. The Morgan fingerprint density at radius 2 is 1.28 bits per heavy atom. The Balaban J connectivity index is 1.60.